The summed E-state index contributed by atoms with van der Waals surface area (Å²) in [5.41, 5.74) is 2.00. The number of hydrogen-bond acceptors (Lipinski definition) is 6. The van der Waals surface area contributed by atoms with Crippen LogP contribution in [-0.2, 0) is 24.3 Å². The maximum atomic E-state index is 12.8. The highest BCUT2D eigenvalue weighted by Gasteiger charge is 2.33. The maximum Gasteiger partial charge on any atom is 0.344 e. The number of sulfonamides is 1. The minimum Gasteiger partial charge on any atom is -0.460 e. The van der Waals surface area contributed by atoms with E-state index in [2.05, 4.69) is 25.5 Å². The zero-order valence-corrected chi connectivity index (χ0v) is 21.9. The highest BCUT2D eigenvalue weighted by Crippen LogP contribution is 2.35. The Labute approximate surface area is 208 Å². The highest BCUT2D eigenvalue weighted by atomic mass is 32.2. The van der Waals surface area contributed by atoms with Crippen LogP contribution in [0.1, 0.15) is 61.5 Å². The minimum absolute atomic E-state index is 0.158. The van der Waals surface area contributed by atoms with E-state index < -0.39 is 28.6 Å². The molecule has 1 saturated carbocycles. The van der Waals surface area contributed by atoms with Crippen molar-refractivity contribution in [3.8, 4) is 0 Å². The molecule has 0 bridgehead atoms. The van der Waals surface area contributed by atoms with Crippen LogP contribution in [0, 0.1) is 31.6 Å². The van der Waals surface area contributed by atoms with Gasteiger partial charge in [0, 0.05) is 5.69 Å². The molecule has 3 atom stereocenters. The van der Waals surface area contributed by atoms with Crippen LogP contribution in [0.3, 0.4) is 0 Å². The molecule has 0 aliphatic heterocycles. The Hall–Kier alpha value is -2.87. The first-order valence-electron chi connectivity index (χ1n) is 12.0. The first-order valence-corrected chi connectivity index (χ1v) is 13.5. The van der Waals surface area contributed by atoms with Crippen LogP contribution in [0.2, 0.25) is 0 Å². The highest BCUT2D eigenvalue weighted by molar-refractivity contribution is 7.92. The van der Waals surface area contributed by atoms with E-state index in [0.717, 1.165) is 24.8 Å². The molecule has 0 heterocycles. The molecule has 2 aromatic rings. The molecule has 7 nitrogen and oxygen atoms in total. The fourth-order valence-corrected chi connectivity index (χ4v) is 5.93. The number of benzene rings is 2. The van der Waals surface area contributed by atoms with Crippen molar-refractivity contribution in [3.05, 3.63) is 59.2 Å². The van der Waals surface area contributed by atoms with Crippen molar-refractivity contribution in [2.24, 2.45) is 17.8 Å². The summed E-state index contributed by atoms with van der Waals surface area (Å²) >= 11 is 0. The molecule has 1 aliphatic rings. The number of nitrogens with one attached hydrogen (secondary N) is 1. The summed E-state index contributed by atoms with van der Waals surface area (Å²) in [6, 6.07) is 11.1. The van der Waals surface area contributed by atoms with E-state index >= 15 is 0 Å². The molecular formula is C27H35NO6S. The standard InChI is InChI=1S/C27H35NO6S/c1-17(2)23-13-7-18(3)14-24(23)34-26(29)16-33-27(30)21-9-11-22(12-10-21)28-35(31,32)25-15-19(4)6-8-20(25)5/h6,8-12,15,17-18,23-24,28H,7,13-14,16H2,1-5H3/t18-,23-,24-/m1/s1. The average molecular weight is 502 g/mol. The largest absolute Gasteiger partial charge is 0.460 e. The predicted octanol–water partition coefficient (Wildman–Crippen LogP) is 5.27. The molecule has 0 spiro atoms. The number of aryl methyl sites for hydroxylation is 2. The number of carbonyl (C=O) groups excluding carboxylic acids is 2. The number of carbonyl (C=O) groups is 2. The van der Waals surface area contributed by atoms with Gasteiger partial charge in [0.25, 0.3) is 10.0 Å². The lowest BCUT2D eigenvalue weighted by Gasteiger charge is -2.36. The van der Waals surface area contributed by atoms with Crippen LogP contribution >= 0.6 is 0 Å². The van der Waals surface area contributed by atoms with E-state index in [1.807, 2.05) is 13.0 Å². The Morgan fingerprint density at radius 2 is 1.74 bits per heavy atom. The molecule has 1 fully saturated rings. The van der Waals surface area contributed by atoms with Gasteiger partial charge in [0.05, 0.1) is 10.5 Å². The zero-order chi connectivity index (χ0) is 25.8. The second-order valence-corrected chi connectivity index (χ2v) is 11.5. The zero-order valence-electron chi connectivity index (χ0n) is 21.0. The van der Waals surface area contributed by atoms with Gasteiger partial charge in [-0.25, -0.2) is 18.0 Å². The topological polar surface area (TPSA) is 98.8 Å². The van der Waals surface area contributed by atoms with Gasteiger partial charge in [0.15, 0.2) is 6.61 Å². The van der Waals surface area contributed by atoms with E-state index in [-0.39, 0.29) is 16.6 Å². The smallest absolute Gasteiger partial charge is 0.344 e. The van der Waals surface area contributed by atoms with Crippen LogP contribution in [0.25, 0.3) is 0 Å². The lowest BCUT2D eigenvalue weighted by Crippen LogP contribution is -2.36. The molecule has 0 radical (unpaired) electrons. The number of hydrogen-bond donors (Lipinski definition) is 1. The van der Waals surface area contributed by atoms with Gasteiger partial charge in [0.1, 0.15) is 6.10 Å². The quantitative estimate of drug-likeness (QED) is 0.495. The van der Waals surface area contributed by atoms with Gasteiger partial charge in [-0.15, -0.1) is 0 Å². The third-order valence-electron chi connectivity index (χ3n) is 6.57. The lowest BCUT2D eigenvalue weighted by molar-refractivity contribution is -0.159. The van der Waals surface area contributed by atoms with Crippen molar-refractivity contribution in [1.29, 1.82) is 0 Å². The van der Waals surface area contributed by atoms with Gasteiger partial charge in [-0.3, -0.25) is 4.72 Å². The third kappa shape index (κ3) is 7.07. The van der Waals surface area contributed by atoms with Crippen molar-refractivity contribution in [3.63, 3.8) is 0 Å². The van der Waals surface area contributed by atoms with Crippen LogP contribution in [0.5, 0.6) is 0 Å². The van der Waals surface area contributed by atoms with E-state index in [0.29, 0.717) is 29.0 Å². The monoisotopic (exact) mass is 501 g/mol. The summed E-state index contributed by atoms with van der Waals surface area (Å²) < 4.78 is 38.9. The van der Waals surface area contributed by atoms with Crippen LogP contribution in [0.15, 0.2) is 47.4 Å². The van der Waals surface area contributed by atoms with E-state index in [4.69, 9.17) is 9.47 Å². The molecule has 8 heteroatoms. The first kappa shape index (κ1) is 26.7. The van der Waals surface area contributed by atoms with Gasteiger partial charge in [-0.1, -0.05) is 39.3 Å². The van der Waals surface area contributed by atoms with E-state index in [1.54, 1.807) is 19.1 Å². The summed E-state index contributed by atoms with van der Waals surface area (Å²) in [7, 11) is -3.78. The number of ether oxygens (including phenoxy) is 2. The molecule has 2 aromatic carbocycles. The normalized spacial score (nSPS) is 20.3. The Morgan fingerprint density at radius 3 is 2.40 bits per heavy atom. The van der Waals surface area contributed by atoms with Gasteiger partial charge in [0.2, 0.25) is 0 Å². The fourth-order valence-electron chi connectivity index (χ4n) is 4.54. The summed E-state index contributed by atoms with van der Waals surface area (Å²) in [6.07, 6.45) is 2.81. The molecule has 0 saturated heterocycles. The molecule has 0 aromatic heterocycles. The Balaban J connectivity index is 1.56. The van der Waals surface area contributed by atoms with E-state index in [1.165, 1.54) is 24.3 Å². The van der Waals surface area contributed by atoms with Gasteiger partial charge in [-0.2, -0.15) is 0 Å². The molecule has 0 unspecified atom stereocenters. The SMILES string of the molecule is Cc1ccc(C)c(S(=O)(=O)Nc2ccc(C(=O)OCC(=O)O[C@@H]3C[C@H](C)CC[C@@H]3C(C)C)cc2)c1. The number of esters is 2. The summed E-state index contributed by atoms with van der Waals surface area (Å²) in [6.45, 7) is 9.52. The van der Waals surface area contributed by atoms with Gasteiger partial charge >= 0.3 is 11.9 Å². The van der Waals surface area contributed by atoms with E-state index in [9.17, 15) is 18.0 Å². The fraction of sp³-hybridized carbons (Fsp3) is 0.481. The number of anilines is 1. The predicted molar refractivity (Wildman–Crippen MR) is 135 cm³/mol. The Bertz CT molecular complexity index is 1160. The van der Waals surface area contributed by atoms with Crippen molar-refractivity contribution < 1.29 is 27.5 Å². The van der Waals surface area contributed by atoms with Crippen molar-refractivity contribution in [2.75, 3.05) is 11.3 Å². The first-order chi connectivity index (χ1) is 16.5. The summed E-state index contributed by atoms with van der Waals surface area (Å²) in [4.78, 5) is 24.9. The van der Waals surface area contributed by atoms with Gasteiger partial charge < -0.3 is 9.47 Å². The summed E-state index contributed by atoms with van der Waals surface area (Å²) in [5.74, 6) is -0.0141. The van der Waals surface area contributed by atoms with Crippen molar-refractivity contribution in [1.82, 2.24) is 0 Å². The lowest BCUT2D eigenvalue weighted by atomic mass is 9.75. The van der Waals surface area contributed by atoms with Gasteiger partial charge in [-0.05, 0) is 85.9 Å². The Kier molecular flexibility index (Phi) is 8.59. The second-order valence-electron chi connectivity index (χ2n) is 9.88. The maximum absolute atomic E-state index is 12.8. The molecule has 190 valence electrons. The average Bonchev–Trinajstić information content (AvgIpc) is 2.79. The molecule has 1 aliphatic carbocycles. The van der Waals surface area contributed by atoms with Crippen molar-refractivity contribution >= 4 is 27.6 Å². The molecule has 3 rings (SSSR count). The molecule has 35 heavy (non-hydrogen) atoms. The van der Waals surface area contributed by atoms with Crippen molar-refractivity contribution in [2.45, 2.75) is 64.9 Å². The van der Waals surface area contributed by atoms with Crippen LogP contribution in [0.4, 0.5) is 5.69 Å². The van der Waals surface area contributed by atoms with Crippen LogP contribution in [-0.4, -0.2) is 33.1 Å². The second kappa shape index (κ2) is 11.2. The molecule has 0 amide bonds. The molecular weight excluding hydrogens is 466 g/mol. The minimum atomic E-state index is -3.78. The van der Waals surface area contributed by atoms with Crippen LogP contribution < -0.4 is 4.72 Å². The molecule has 1 N–H and O–H groups in total. The summed E-state index contributed by atoms with van der Waals surface area (Å²) in [5, 5.41) is 0. The third-order valence-corrected chi connectivity index (χ3v) is 8.09. The number of rotatable bonds is 8. The Morgan fingerprint density at radius 1 is 1.06 bits per heavy atom.